The molecule has 0 spiro atoms. The predicted octanol–water partition coefficient (Wildman–Crippen LogP) is 2.81. The molecular weight excluding hydrogens is 212 g/mol. The van der Waals surface area contributed by atoms with Gasteiger partial charge in [0, 0.05) is 11.1 Å². The molecular formula is C12H13ClO2. The van der Waals surface area contributed by atoms with Crippen molar-refractivity contribution in [1.29, 1.82) is 0 Å². The summed E-state index contributed by atoms with van der Waals surface area (Å²) in [5.74, 6) is 5.07. The molecule has 0 saturated carbocycles. The first-order chi connectivity index (χ1) is 7.22. The van der Waals surface area contributed by atoms with Crippen molar-refractivity contribution in [2.75, 3.05) is 6.61 Å². The van der Waals surface area contributed by atoms with E-state index in [9.17, 15) is 4.79 Å². The molecule has 0 N–H and O–H groups in total. The van der Waals surface area contributed by atoms with Crippen LogP contribution in [-0.4, -0.2) is 12.6 Å². The van der Waals surface area contributed by atoms with Crippen molar-refractivity contribution in [3.05, 3.63) is 35.4 Å². The lowest BCUT2D eigenvalue weighted by Gasteiger charge is -1.98. The lowest BCUT2D eigenvalue weighted by molar-refractivity contribution is -0.138. The number of ether oxygens (including phenoxy) is 1. The number of esters is 1. The Morgan fingerprint density at radius 3 is 2.67 bits per heavy atom. The van der Waals surface area contributed by atoms with Crippen LogP contribution in [-0.2, 0) is 9.53 Å². The molecule has 0 unspecified atom stereocenters. The molecule has 0 bridgehead atoms. The molecule has 0 aromatic carbocycles. The van der Waals surface area contributed by atoms with E-state index in [4.69, 9.17) is 16.3 Å². The van der Waals surface area contributed by atoms with Crippen molar-refractivity contribution in [2.24, 2.45) is 0 Å². The van der Waals surface area contributed by atoms with Crippen LogP contribution in [0.2, 0.25) is 0 Å². The molecule has 0 aromatic heterocycles. The summed E-state index contributed by atoms with van der Waals surface area (Å²) in [4.78, 5) is 11.1. The third kappa shape index (κ3) is 7.60. The Bertz CT molecular complexity index is 340. The van der Waals surface area contributed by atoms with Crippen molar-refractivity contribution in [2.45, 2.75) is 13.8 Å². The highest BCUT2D eigenvalue weighted by molar-refractivity contribution is 6.25. The summed E-state index contributed by atoms with van der Waals surface area (Å²) in [6, 6.07) is 0. The van der Waals surface area contributed by atoms with Crippen LogP contribution in [0.5, 0.6) is 0 Å². The highest BCUT2D eigenvalue weighted by Gasteiger charge is 2.01. The largest absolute Gasteiger partial charge is 0.463 e. The van der Waals surface area contributed by atoms with E-state index in [0.717, 1.165) is 0 Å². The summed E-state index contributed by atoms with van der Waals surface area (Å²) in [5, 5.41) is 0. The van der Waals surface area contributed by atoms with E-state index in [1.165, 1.54) is 11.6 Å². The highest BCUT2D eigenvalue weighted by atomic mass is 35.5. The van der Waals surface area contributed by atoms with Crippen LogP contribution in [0.25, 0.3) is 0 Å². The number of allylic oxidation sites excluding steroid dienone is 4. The minimum Gasteiger partial charge on any atom is -0.463 e. The Balaban J connectivity index is 4.17. The van der Waals surface area contributed by atoms with Gasteiger partial charge in [-0.2, -0.15) is 0 Å². The molecule has 0 atom stereocenters. The molecule has 80 valence electrons. The maximum Gasteiger partial charge on any atom is 0.333 e. The molecule has 0 aliphatic carbocycles. The first kappa shape index (κ1) is 13.5. The van der Waals surface area contributed by atoms with Gasteiger partial charge in [-0.25, -0.2) is 4.79 Å². The van der Waals surface area contributed by atoms with Crippen LogP contribution in [0, 0.1) is 11.8 Å². The van der Waals surface area contributed by atoms with Crippen molar-refractivity contribution in [1.82, 2.24) is 0 Å². The Kier molecular flexibility index (Phi) is 8.22. The van der Waals surface area contributed by atoms with E-state index < -0.39 is 0 Å². The number of hydrogen-bond donors (Lipinski definition) is 0. The third-order valence-electron chi connectivity index (χ3n) is 1.35. The number of carbonyl (C=O) groups is 1. The molecule has 0 rings (SSSR count). The normalized spacial score (nSPS) is 11.5. The van der Waals surface area contributed by atoms with Gasteiger partial charge in [-0.05, 0) is 26.0 Å². The molecule has 0 amide bonds. The second-order valence-electron chi connectivity index (χ2n) is 2.51. The summed E-state index contributed by atoms with van der Waals surface area (Å²) in [6.45, 7) is 3.84. The standard InChI is InChI=1S/C12H13ClO2/c1-3-15-12(14)11(2)9-7-5-4-6-8-10-13/h5,7-10H,3H2,1-2H3/b7-5+,10-8+,11-9+. The van der Waals surface area contributed by atoms with Crippen molar-refractivity contribution < 1.29 is 9.53 Å². The third-order valence-corrected chi connectivity index (χ3v) is 1.48. The summed E-state index contributed by atoms with van der Waals surface area (Å²) in [5.41, 5.74) is 1.88. The molecule has 0 aromatic rings. The minimum atomic E-state index is -0.309. The maximum absolute atomic E-state index is 11.1. The average Bonchev–Trinajstić information content (AvgIpc) is 2.23. The van der Waals surface area contributed by atoms with Crippen molar-refractivity contribution in [3.8, 4) is 11.8 Å². The average molecular weight is 225 g/mol. The van der Waals surface area contributed by atoms with Crippen LogP contribution in [0.3, 0.4) is 0 Å². The number of halogens is 1. The second kappa shape index (κ2) is 9.11. The summed E-state index contributed by atoms with van der Waals surface area (Å²) in [7, 11) is 0. The second-order valence-corrected chi connectivity index (χ2v) is 2.76. The molecule has 15 heavy (non-hydrogen) atoms. The van der Waals surface area contributed by atoms with Crippen LogP contribution in [0.4, 0.5) is 0 Å². The molecule has 3 heteroatoms. The minimum absolute atomic E-state index is 0.309. The zero-order valence-electron chi connectivity index (χ0n) is 8.79. The Labute approximate surface area is 95.3 Å². The van der Waals surface area contributed by atoms with E-state index in [0.29, 0.717) is 12.2 Å². The SMILES string of the molecule is CCOC(=O)/C(C)=C/C=C/C#C/C=C/Cl. The molecule has 0 radical (unpaired) electrons. The van der Waals surface area contributed by atoms with E-state index in [1.807, 2.05) is 0 Å². The summed E-state index contributed by atoms with van der Waals surface area (Å²) in [6.07, 6.45) is 6.48. The molecule has 0 aliphatic heterocycles. The number of carbonyl (C=O) groups excluding carboxylic acids is 1. The van der Waals surface area contributed by atoms with E-state index in [-0.39, 0.29) is 5.97 Å². The van der Waals surface area contributed by atoms with Gasteiger partial charge in [-0.1, -0.05) is 35.6 Å². The zero-order chi connectivity index (χ0) is 11.5. The van der Waals surface area contributed by atoms with Crippen LogP contribution in [0.15, 0.2) is 35.4 Å². The number of rotatable bonds is 3. The Morgan fingerprint density at radius 1 is 1.40 bits per heavy atom. The topological polar surface area (TPSA) is 26.3 Å². The van der Waals surface area contributed by atoms with Gasteiger partial charge >= 0.3 is 5.97 Å². The monoisotopic (exact) mass is 224 g/mol. The lowest BCUT2D eigenvalue weighted by Crippen LogP contribution is -2.04. The molecule has 2 nitrogen and oxygen atoms in total. The molecule has 0 heterocycles. The van der Waals surface area contributed by atoms with Gasteiger partial charge in [-0.3, -0.25) is 0 Å². The Hall–Kier alpha value is -1.46. The molecule has 0 fully saturated rings. The van der Waals surface area contributed by atoms with Crippen molar-refractivity contribution >= 4 is 17.6 Å². The number of hydrogen-bond acceptors (Lipinski definition) is 2. The van der Waals surface area contributed by atoms with Gasteiger partial charge < -0.3 is 4.74 Å². The van der Waals surface area contributed by atoms with E-state index in [1.54, 1.807) is 32.1 Å². The van der Waals surface area contributed by atoms with Crippen molar-refractivity contribution in [3.63, 3.8) is 0 Å². The van der Waals surface area contributed by atoms with Gasteiger partial charge in [0.25, 0.3) is 0 Å². The van der Waals surface area contributed by atoms with Crippen LogP contribution < -0.4 is 0 Å². The smallest absolute Gasteiger partial charge is 0.333 e. The lowest BCUT2D eigenvalue weighted by atomic mass is 10.3. The fraction of sp³-hybridized carbons (Fsp3) is 0.250. The van der Waals surface area contributed by atoms with Gasteiger partial charge in [-0.15, -0.1) is 0 Å². The fourth-order valence-electron chi connectivity index (χ4n) is 0.681. The van der Waals surface area contributed by atoms with E-state index in [2.05, 4.69) is 11.8 Å². The molecule has 0 saturated heterocycles. The highest BCUT2D eigenvalue weighted by Crippen LogP contribution is 1.96. The van der Waals surface area contributed by atoms with Crippen LogP contribution in [0.1, 0.15) is 13.8 Å². The summed E-state index contributed by atoms with van der Waals surface area (Å²) < 4.78 is 4.79. The van der Waals surface area contributed by atoms with Crippen LogP contribution >= 0.6 is 11.6 Å². The molecule has 0 aliphatic rings. The van der Waals surface area contributed by atoms with Gasteiger partial charge in [0.2, 0.25) is 0 Å². The van der Waals surface area contributed by atoms with E-state index >= 15 is 0 Å². The van der Waals surface area contributed by atoms with Gasteiger partial charge in [0.1, 0.15) is 0 Å². The predicted molar refractivity (Wildman–Crippen MR) is 62.3 cm³/mol. The van der Waals surface area contributed by atoms with Gasteiger partial charge in [0.05, 0.1) is 6.61 Å². The first-order valence-electron chi connectivity index (χ1n) is 4.49. The first-order valence-corrected chi connectivity index (χ1v) is 4.92. The fourth-order valence-corrected chi connectivity index (χ4v) is 0.744. The quantitative estimate of drug-likeness (QED) is 0.319. The maximum atomic E-state index is 11.1. The Morgan fingerprint density at radius 2 is 2.07 bits per heavy atom. The van der Waals surface area contributed by atoms with Gasteiger partial charge in [0.15, 0.2) is 0 Å². The summed E-state index contributed by atoms with van der Waals surface area (Å²) >= 11 is 5.26. The zero-order valence-corrected chi connectivity index (χ0v) is 9.54.